The first kappa shape index (κ1) is 16.8. The Labute approximate surface area is 154 Å². The van der Waals surface area contributed by atoms with E-state index in [2.05, 4.69) is 10.3 Å². The number of hydrogen-bond acceptors (Lipinski definition) is 4. The summed E-state index contributed by atoms with van der Waals surface area (Å²) >= 11 is 0. The van der Waals surface area contributed by atoms with Crippen LogP contribution in [0.4, 0.5) is 10.1 Å². The van der Waals surface area contributed by atoms with Crippen LogP contribution in [0.25, 0.3) is 22.6 Å². The molecule has 0 unspecified atom stereocenters. The molecule has 5 nitrogen and oxygen atoms in total. The van der Waals surface area contributed by atoms with Gasteiger partial charge in [-0.25, -0.2) is 9.37 Å². The molecule has 1 aromatic heterocycles. The van der Waals surface area contributed by atoms with E-state index in [0.717, 1.165) is 5.56 Å². The van der Waals surface area contributed by atoms with Gasteiger partial charge in [0.25, 0.3) is 5.91 Å². The maximum Gasteiger partial charge on any atom is 0.258 e. The number of hydrogen-bond donors (Lipinski definition) is 1. The largest absolute Gasteiger partial charge is 0.497 e. The number of oxazole rings is 1. The lowest BCUT2D eigenvalue weighted by atomic mass is 10.1. The predicted molar refractivity (Wildman–Crippen MR) is 100 cm³/mol. The van der Waals surface area contributed by atoms with E-state index in [1.807, 2.05) is 0 Å². The molecule has 0 bridgehead atoms. The highest BCUT2D eigenvalue weighted by Gasteiger charge is 2.12. The Kier molecular flexibility index (Phi) is 4.30. The van der Waals surface area contributed by atoms with Gasteiger partial charge >= 0.3 is 0 Å². The molecule has 4 aromatic rings. The Hall–Kier alpha value is -3.67. The molecule has 0 radical (unpaired) electrons. The number of nitrogens with one attached hydrogen (secondary N) is 1. The predicted octanol–water partition coefficient (Wildman–Crippen LogP) is 4.89. The molecule has 1 amide bonds. The van der Waals surface area contributed by atoms with Crippen LogP contribution in [0.5, 0.6) is 5.75 Å². The highest BCUT2D eigenvalue weighted by atomic mass is 19.1. The monoisotopic (exact) mass is 362 g/mol. The van der Waals surface area contributed by atoms with Crippen LogP contribution < -0.4 is 10.1 Å². The van der Waals surface area contributed by atoms with Gasteiger partial charge in [-0.3, -0.25) is 4.79 Å². The molecule has 0 saturated heterocycles. The van der Waals surface area contributed by atoms with Crippen LogP contribution in [-0.4, -0.2) is 18.0 Å². The molecule has 0 aliphatic heterocycles. The van der Waals surface area contributed by atoms with Gasteiger partial charge in [0.2, 0.25) is 5.89 Å². The molecular formula is C21H15FN2O3. The summed E-state index contributed by atoms with van der Waals surface area (Å²) in [4.78, 5) is 16.6. The van der Waals surface area contributed by atoms with Crippen molar-refractivity contribution >= 4 is 22.7 Å². The summed E-state index contributed by atoms with van der Waals surface area (Å²) in [6.45, 7) is 0. The number of ether oxygens (including phenoxy) is 1. The van der Waals surface area contributed by atoms with Crippen LogP contribution in [0, 0.1) is 5.82 Å². The second kappa shape index (κ2) is 6.92. The zero-order valence-electron chi connectivity index (χ0n) is 14.4. The summed E-state index contributed by atoms with van der Waals surface area (Å²) in [5.41, 5.74) is 2.65. The van der Waals surface area contributed by atoms with E-state index in [-0.39, 0.29) is 5.56 Å². The summed E-state index contributed by atoms with van der Waals surface area (Å²) in [6.07, 6.45) is 0. The second-order valence-electron chi connectivity index (χ2n) is 5.86. The van der Waals surface area contributed by atoms with Gasteiger partial charge in [-0.2, -0.15) is 0 Å². The van der Waals surface area contributed by atoms with Crippen molar-refractivity contribution in [1.82, 2.24) is 4.98 Å². The van der Waals surface area contributed by atoms with E-state index in [0.29, 0.717) is 28.4 Å². The summed E-state index contributed by atoms with van der Waals surface area (Å²) in [5.74, 6) is 0.0992. The van der Waals surface area contributed by atoms with Gasteiger partial charge in [-0.1, -0.05) is 12.1 Å². The maximum absolute atomic E-state index is 13.7. The van der Waals surface area contributed by atoms with Crippen LogP contribution in [0.3, 0.4) is 0 Å². The van der Waals surface area contributed by atoms with Crippen molar-refractivity contribution in [2.45, 2.75) is 0 Å². The number of rotatable bonds is 4. The SMILES string of the molecule is COc1ccc2oc(-c3ccc(NC(=O)c4ccccc4F)cc3)nc2c1. The van der Waals surface area contributed by atoms with E-state index in [4.69, 9.17) is 9.15 Å². The van der Waals surface area contributed by atoms with E-state index in [1.165, 1.54) is 18.2 Å². The fourth-order valence-electron chi connectivity index (χ4n) is 2.70. The van der Waals surface area contributed by atoms with Crippen molar-refractivity contribution in [2.75, 3.05) is 12.4 Å². The molecule has 6 heteroatoms. The number of carbonyl (C=O) groups excluding carboxylic acids is 1. The van der Waals surface area contributed by atoms with Crippen molar-refractivity contribution < 1.29 is 18.3 Å². The first-order valence-corrected chi connectivity index (χ1v) is 8.25. The molecule has 134 valence electrons. The van der Waals surface area contributed by atoms with Gasteiger partial charge in [0.1, 0.15) is 17.1 Å². The number of carbonyl (C=O) groups is 1. The first-order valence-electron chi connectivity index (χ1n) is 8.25. The average Bonchev–Trinajstić information content (AvgIpc) is 3.12. The van der Waals surface area contributed by atoms with Gasteiger partial charge in [0, 0.05) is 17.3 Å². The number of nitrogens with zero attached hydrogens (tertiary/aromatic N) is 1. The minimum atomic E-state index is -0.562. The maximum atomic E-state index is 13.7. The van der Waals surface area contributed by atoms with Crippen LogP contribution in [0.1, 0.15) is 10.4 Å². The van der Waals surface area contributed by atoms with Crippen LogP contribution >= 0.6 is 0 Å². The molecular weight excluding hydrogens is 347 g/mol. The third-order valence-electron chi connectivity index (χ3n) is 4.10. The highest BCUT2D eigenvalue weighted by molar-refractivity contribution is 6.04. The van der Waals surface area contributed by atoms with Crippen molar-refractivity contribution in [2.24, 2.45) is 0 Å². The van der Waals surface area contributed by atoms with Gasteiger partial charge in [-0.15, -0.1) is 0 Å². The van der Waals surface area contributed by atoms with E-state index in [1.54, 1.807) is 55.6 Å². The quantitative estimate of drug-likeness (QED) is 0.561. The minimum Gasteiger partial charge on any atom is -0.497 e. The molecule has 4 rings (SSSR count). The number of aromatic nitrogens is 1. The third kappa shape index (κ3) is 3.37. The van der Waals surface area contributed by atoms with Gasteiger partial charge in [0.15, 0.2) is 5.58 Å². The van der Waals surface area contributed by atoms with Gasteiger partial charge < -0.3 is 14.5 Å². The van der Waals surface area contributed by atoms with Crippen LogP contribution in [0.15, 0.2) is 71.1 Å². The van der Waals surface area contributed by atoms with Crippen molar-refractivity contribution in [3.8, 4) is 17.2 Å². The number of halogens is 1. The number of fused-ring (bicyclic) bond motifs is 1. The lowest BCUT2D eigenvalue weighted by molar-refractivity contribution is 0.102. The smallest absolute Gasteiger partial charge is 0.258 e. The number of methoxy groups -OCH3 is 1. The fraction of sp³-hybridized carbons (Fsp3) is 0.0476. The Morgan fingerprint density at radius 2 is 1.85 bits per heavy atom. The second-order valence-corrected chi connectivity index (χ2v) is 5.86. The molecule has 0 spiro atoms. The topological polar surface area (TPSA) is 64.4 Å². The number of amides is 1. The molecule has 3 aromatic carbocycles. The molecule has 1 N–H and O–H groups in total. The zero-order chi connectivity index (χ0) is 18.8. The minimum absolute atomic E-state index is 0.00512. The van der Waals surface area contributed by atoms with E-state index >= 15 is 0 Å². The van der Waals surface area contributed by atoms with E-state index < -0.39 is 11.7 Å². The molecule has 0 aliphatic rings. The fourth-order valence-corrected chi connectivity index (χ4v) is 2.70. The van der Waals surface area contributed by atoms with E-state index in [9.17, 15) is 9.18 Å². The average molecular weight is 362 g/mol. The number of anilines is 1. The zero-order valence-corrected chi connectivity index (χ0v) is 14.4. The third-order valence-corrected chi connectivity index (χ3v) is 4.10. The summed E-state index contributed by atoms with van der Waals surface area (Å²) in [6, 6.07) is 18.2. The highest BCUT2D eigenvalue weighted by Crippen LogP contribution is 2.27. The summed E-state index contributed by atoms with van der Waals surface area (Å²) in [5, 5.41) is 2.67. The Balaban J connectivity index is 1.55. The molecule has 27 heavy (non-hydrogen) atoms. The van der Waals surface area contributed by atoms with Crippen LogP contribution in [-0.2, 0) is 0 Å². The molecule has 0 saturated carbocycles. The van der Waals surface area contributed by atoms with Crippen LogP contribution in [0.2, 0.25) is 0 Å². The normalized spacial score (nSPS) is 10.7. The Bertz CT molecular complexity index is 1120. The molecule has 0 fully saturated rings. The number of benzene rings is 3. The summed E-state index contributed by atoms with van der Waals surface area (Å²) in [7, 11) is 1.59. The molecule has 0 atom stereocenters. The standard InChI is InChI=1S/C21H15FN2O3/c1-26-15-10-11-19-18(12-15)24-21(27-19)13-6-8-14(9-7-13)23-20(25)16-4-2-3-5-17(16)22/h2-12H,1H3,(H,23,25). The Morgan fingerprint density at radius 3 is 2.59 bits per heavy atom. The molecule has 1 heterocycles. The summed E-state index contributed by atoms with van der Waals surface area (Å²) < 4.78 is 24.6. The Morgan fingerprint density at radius 1 is 1.07 bits per heavy atom. The van der Waals surface area contributed by atoms with Crippen molar-refractivity contribution in [3.05, 3.63) is 78.1 Å². The van der Waals surface area contributed by atoms with Crippen molar-refractivity contribution in [1.29, 1.82) is 0 Å². The lowest BCUT2D eigenvalue weighted by Gasteiger charge is -2.06. The van der Waals surface area contributed by atoms with Gasteiger partial charge in [0.05, 0.1) is 12.7 Å². The molecule has 0 aliphatic carbocycles. The first-order chi connectivity index (χ1) is 13.1. The van der Waals surface area contributed by atoms with Gasteiger partial charge in [-0.05, 0) is 48.5 Å². The lowest BCUT2D eigenvalue weighted by Crippen LogP contribution is -2.13. The van der Waals surface area contributed by atoms with Crippen molar-refractivity contribution in [3.63, 3.8) is 0 Å².